The van der Waals surface area contributed by atoms with Gasteiger partial charge in [-0.25, -0.2) is 0 Å². The Kier molecular flexibility index (Phi) is 9.92. The molecule has 0 aliphatic heterocycles. The van der Waals surface area contributed by atoms with Crippen LogP contribution in [0.4, 0.5) is 0 Å². The SMILES string of the molecule is CCCC(C)(Oc1ccc(CP(=O)(O)O)cc1)[PH](=S)N(C)/N=C/c1ccc(ON=[N+]=[N-])cc1. The highest BCUT2D eigenvalue weighted by Crippen LogP contribution is 2.46. The maximum atomic E-state index is 11.2. The Balaban J connectivity index is 2.10. The van der Waals surface area contributed by atoms with E-state index in [4.69, 9.17) is 36.7 Å². The Morgan fingerprint density at radius 1 is 1.21 bits per heavy atom. The van der Waals surface area contributed by atoms with Gasteiger partial charge in [0.05, 0.1) is 19.2 Å². The van der Waals surface area contributed by atoms with Gasteiger partial charge in [0.2, 0.25) is 0 Å². The minimum atomic E-state index is -4.13. The lowest BCUT2D eigenvalue weighted by Crippen LogP contribution is -2.31. The number of azide groups is 1. The summed E-state index contributed by atoms with van der Waals surface area (Å²) in [5.41, 5.74) is 9.64. The zero-order valence-corrected chi connectivity index (χ0v) is 21.2. The van der Waals surface area contributed by atoms with Crippen molar-refractivity contribution in [1.29, 1.82) is 0 Å². The first-order chi connectivity index (χ1) is 15.6. The minimum Gasteiger partial charge on any atom is -0.481 e. The summed E-state index contributed by atoms with van der Waals surface area (Å²) in [5, 5.41) is 6.90. The fourth-order valence-corrected chi connectivity index (χ4v) is 5.84. The second kappa shape index (κ2) is 12.2. The fraction of sp³-hybridized carbons (Fsp3) is 0.350. The Bertz CT molecular complexity index is 1070. The fourth-order valence-electron chi connectivity index (χ4n) is 3.07. The van der Waals surface area contributed by atoms with Crippen LogP contribution in [0.1, 0.15) is 37.8 Å². The normalized spacial score (nSPS) is 14.2. The maximum Gasteiger partial charge on any atom is 0.329 e. The van der Waals surface area contributed by atoms with Gasteiger partial charge in [-0.1, -0.05) is 37.3 Å². The largest absolute Gasteiger partial charge is 0.481 e. The maximum absolute atomic E-state index is 11.2. The third-order valence-electron chi connectivity index (χ3n) is 4.57. The van der Waals surface area contributed by atoms with E-state index in [0.29, 0.717) is 17.1 Å². The lowest BCUT2D eigenvalue weighted by Gasteiger charge is -2.35. The molecule has 0 amide bonds. The summed E-state index contributed by atoms with van der Waals surface area (Å²) < 4.78 is 19.2. The summed E-state index contributed by atoms with van der Waals surface area (Å²) in [5.74, 6) is 1.00. The molecule has 2 aromatic rings. The summed E-state index contributed by atoms with van der Waals surface area (Å²) >= 11 is 5.86. The Morgan fingerprint density at radius 3 is 2.36 bits per heavy atom. The Morgan fingerprint density at radius 2 is 1.82 bits per heavy atom. The molecule has 2 rings (SSSR count). The van der Waals surface area contributed by atoms with Crippen LogP contribution in [0, 0.1) is 0 Å². The van der Waals surface area contributed by atoms with E-state index < -0.39 is 19.8 Å². The molecule has 10 nitrogen and oxygen atoms in total. The van der Waals surface area contributed by atoms with Crippen molar-refractivity contribution in [3.05, 3.63) is 70.1 Å². The van der Waals surface area contributed by atoms with Gasteiger partial charge in [-0.3, -0.25) is 9.34 Å². The van der Waals surface area contributed by atoms with Crippen molar-refractivity contribution in [2.24, 2.45) is 10.4 Å². The first kappa shape index (κ1) is 26.9. The predicted molar refractivity (Wildman–Crippen MR) is 133 cm³/mol. The predicted octanol–water partition coefficient (Wildman–Crippen LogP) is 5.42. The van der Waals surface area contributed by atoms with E-state index in [1.165, 1.54) is 0 Å². The highest BCUT2D eigenvalue weighted by atomic mass is 32.4. The first-order valence-electron chi connectivity index (χ1n) is 10.0. The van der Waals surface area contributed by atoms with Crippen LogP contribution in [0.5, 0.6) is 11.5 Å². The van der Waals surface area contributed by atoms with Crippen LogP contribution in [0.25, 0.3) is 10.4 Å². The molecule has 13 heteroatoms. The summed E-state index contributed by atoms with van der Waals surface area (Å²) in [6.45, 7) is 2.32. The van der Waals surface area contributed by atoms with Crippen molar-refractivity contribution < 1.29 is 23.9 Å². The van der Waals surface area contributed by atoms with Crippen LogP contribution in [0.15, 0.2) is 58.9 Å². The standard InChI is InChI=1S/C20H27N5O5P2S/c1-4-13-20(2,29-18-9-7-17(8-10-18)15-32(26,27)28)31(33)25(3)22-14-16-5-11-19(12-6-16)30-24-23-21/h5-12,14,31H,4,13,15H2,1-3H3,(H2,26,27,28)/b22-14+. The molecule has 0 heterocycles. The highest BCUT2D eigenvalue weighted by molar-refractivity contribution is 8.04. The van der Waals surface area contributed by atoms with Crippen LogP contribution in [-0.4, -0.2) is 33.2 Å². The van der Waals surface area contributed by atoms with Gasteiger partial charge in [0.15, 0.2) is 0 Å². The smallest absolute Gasteiger partial charge is 0.329 e. The molecule has 178 valence electrons. The van der Waals surface area contributed by atoms with E-state index in [1.807, 2.05) is 14.0 Å². The topological polar surface area (TPSA) is 140 Å². The van der Waals surface area contributed by atoms with Crippen molar-refractivity contribution in [2.75, 3.05) is 7.05 Å². The van der Waals surface area contributed by atoms with Gasteiger partial charge in [-0.15, -0.1) is 0 Å². The molecule has 0 spiro atoms. The summed E-state index contributed by atoms with van der Waals surface area (Å²) in [4.78, 5) is 25.6. The van der Waals surface area contributed by atoms with E-state index in [-0.39, 0.29) is 6.16 Å². The van der Waals surface area contributed by atoms with Crippen LogP contribution >= 0.6 is 14.4 Å². The number of hydrogen-bond acceptors (Lipinski definition) is 6. The molecular weight excluding hydrogens is 484 g/mol. The average molecular weight is 511 g/mol. The number of hydrazone groups is 1. The molecule has 2 N–H and O–H groups in total. The molecule has 0 aliphatic carbocycles. The van der Waals surface area contributed by atoms with Crippen LogP contribution in [0.2, 0.25) is 0 Å². The summed E-state index contributed by atoms with van der Waals surface area (Å²) in [6.07, 6.45) is 2.95. The van der Waals surface area contributed by atoms with Crippen LogP contribution in [0.3, 0.4) is 0 Å². The van der Waals surface area contributed by atoms with Gasteiger partial charge in [-0.05, 0) is 66.4 Å². The third-order valence-corrected chi connectivity index (χ3v) is 9.40. The number of hydrogen-bond donors (Lipinski definition) is 2. The molecule has 0 saturated carbocycles. The number of nitrogens with zero attached hydrogens (tertiary/aromatic N) is 5. The van der Waals surface area contributed by atoms with Crippen molar-refractivity contribution in [3.63, 3.8) is 0 Å². The van der Waals surface area contributed by atoms with E-state index in [9.17, 15) is 4.57 Å². The van der Waals surface area contributed by atoms with E-state index >= 15 is 0 Å². The van der Waals surface area contributed by atoms with Gasteiger partial charge >= 0.3 is 7.60 Å². The molecule has 0 aliphatic rings. The highest BCUT2D eigenvalue weighted by Gasteiger charge is 2.32. The monoisotopic (exact) mass is 511 g/mol. The minimum absolute atomic E-state index is 0.314. The molecule has 2 aromatic carbocycles. The zero-order chi connectivity index (χ0) is 24.5. The van der Waals surface area contributed by atoms with Gasteiger partial charge in [0.1, 0.15) is 22.1 Å². The number of ether oxygens (including phenoxy) is 1. The van der Waals surface area contributed by atoms with Gasteiger partial charge in [0, 0.05) is 12.0 Å². The second-order valence-corrected chi connectivity index (χ2v) is 12.6. The van der Waals surface area contributed by atoms with Crippen molar-refractivity contribution >= 4 is 32.5 Å². The van der Waals surface area contributed by atoms with Gasteiger partial charge in [0.25, 0.3) is 0 Å². The molecule has 33 heavy (non-hydrogen) atoms. The number of rotatable bonds is 12. The molecule has 2 atom stereocenters. The molecule has 0 aromatic heterocycles. The lowest BCUT2D eigenvalue weighted by molar-refractivity contribution is 0.164. The van der Waals surface area contributed by atoms with E-state index in [1.54, 1.807) is 59.5 Å². The Hall–Kier alpha value is -2.38. The first-order valence-corrected chi connectivity index (χ1v) is 14.4. The van der Waals surface area contributed by atoms with Crippen molar-refractivity contribution in [3.8, 4) is 11.5 Å². The third kappa shape index (κ3) is 8.82. The quantitative estimate of drug-likeness (QED) is 0.0968. The zero-order valence-electron chi connectivity index (χ0n) is 18.5. The van der Waals surface area contributed by atoms with E-state index in [0.717, 1.165) is 18.4 Å². The van der Waals surface area contributed by atoms with Gasteiger partial charge in [-0.2, -0.15) is 5.10 Å². The second-order valence-electron chi connectivity index (χ2n) is 7.45. The molecular formula is C20H27N5O5P2S. The molecule has 0 saturated heterocycles. The van der Waals surface area contributed by atoms with E-state index in [2.05, 4.69) is 22.2 Å². The molecule has 0 fully saturated rings. The average Bonchev–Trinajstić information content (AvgIpc) is 2.76. The summed E-state index contributed by atoms with van der Waals surface area (Å²) in [7, 11) is -2.31. The molecule has 0 radical (unpaired) electrons. The molecule has 2 unspecified atom stereocenters. The van der Waals surface area contributed by atoms with Crippen molar-refractivity contribution in [2.45, 2.75) is 38.2 Å². The summed E-state index contributed by atoms with van der Waals surface area (Å²) in [6, 6.07) is 13.6. The number of benzene rings is 2. The molecule has 0 bridgehead atoms. The van der Waals surface area contributed by atoms with Crippen LogP contribution in [-0.2, 0) is 22.5 Å². The van der Waals surface area contributed by atoms with Crippen molar-refractivity contribution in [1.82, 2.24) is 4.78 Å². The van der Waals surface area contributed by atoms with Crippen LogP contribution < -0.4 is 9.57 Å². The Labute approximate surface area is 198 Å². The lowest BCUT2D eigenvalue weighted by atomic mass is 10.2. The van der Waals surface area contributed by atoms with Gasteiger partial charge < -0.3 is 19.4 Å².